The molecular weight excluding hydrogens is 524 g/mol. The van der Waals surface area contributed by atoms with Crippen molar-refractivity contribution in [2.75, 3.05) is 12.4 Å². The fraction of sp³-hybridized carbons (Fsp3) is 0.333. The van der Waals surface area contributed by atoms with Crippen LogP contribution in [0.5, 0.6) is 5.75 Å². The topological polar surface area (TPSA) is 74.8 Å². The van der Waals surface area contributed by atoms with Gasteiger partial charge in [-0.05, 0) is 23.8 Å². The Hall–Kier alpha value is -2.50. The molecule has 10 heteroatoms. The highest BCUT2D eigenvalue weighted by molar-refractivity contribution is 14.0. The van der Waals surface area contributed by atoms with Crippen LogP contribution in [0.15, 0.2) is 53.5 Å². The molecule has 2 aromatic rings. The van der Waals surface area contributed by atoms with E-state index in [1.165, 1.54) is 12.1 Å². The number of carbonyl (C=O) groups is 1. The summed E-state index contributed by atoms with van der Waals surface area (Å²) in [7, 11) is 1.57. The van der Waals surface area contributed by atoms with Crippen LogP contribution in [-0.2, 0) is 17.9 Å². The van der Waals surface area contributed by atoms with E-state index < -0.39 is 6.36 Å². The Morgan fingerprint density at radius 1 is 1.03 bits per heavy atom. The van der Waals surface area contributed by atoms with Crippen LogP contribution < -0.4 is 20.7 Å². The van der Waals surface area contributed by atoms with Crippen molar-refractivity contribution in [1.82, 2.24) is 10.6 Å². The number of nitrogens with one attached hydrogen (secondary N) is 3. The fourth-order valence-corrected chi connectivity index (χ4v) is 2.45. The maximum atomic E-state index is 12.5. The van der Waals surface area contributed by atoms with Gasteiger partial charge in [0.1, 0.15) is 5.75 Å². The zero-order valence-electron chi connectivity index (χ0n) is 17.4. The molecule has 0 aliphatic carbocycles. The van der Waals surface area contributed by atoms with Crippen LogP contribution in [-0.4, -0.2) is 25.3 Å². The molecule has 0 bridgehead atoms. The Bertz CT molecular complexity index is 872. The van der Waals surface area contributed by atoms with E-state index in [1.807, 2.05) is 26.0 Å². The largest absolute Gasteiger partial charge is 0.573 e. The van der Waals surface area contributed by atoms with Crippen LogP contribution in [0.2, 0.25) is 0 Å². The number of amides is 1. The molecule has 0 saturated heterocycles. The van der Waals surface area contributed by atoms with Gasteiger partial charge in [0.15, 0.2) is 5.96 Å². The van der Waals surface area contributed by atoms with Crippen molar-refractivity contribution in [2.24, 2.45) is 10.9 Å². The number of carbonyl (C=O) groups excluding carboxylic acids is 1. The molecule has 0 saturated carbocycles. The van der Waals surface area contributed by atoms with Gasteiger partial charge in [0.2, 0.25) is 5.91 Å². The lowest BCUT2D eigenvalue weighted by Crippen LogP contribution is -2.36. The Kier molecular flexibility index (Phi) is 10.6. The monoisotopic (exact) mass is 550 g/mol. The number of hydrogen-bond donors (Lipinski definition) is 3. The summed E-state index contributed by atoms with van der Waals surface area (Å²) in [6.45, 7) is 4.19. The van der Waals surface area contributed by atoms with E-state index in [-0.39, 0.29) is 48.1 Å². The van der Waals surface area contributed by atoms with Crippen molar-refractivity contribution in [3.05, 3.63) is 59.7 Å². The molecule has 2 aromatic carbocycles. The second-order valence-corrected chi connectivity index (χ2v) is 6.78. The predicted octanol–water partition coefficient (Wildman–Crippen LogP) is 4.66. The number of benzene rings is 2. The highest BCUT2D eigenvalue weighted by Crippen LogP contribution is 2.26. The lowest BCUT2D eigenvalue weighted by atomic mass is 10.1. The molecule has 0 radical (unpaired) electrons. The van der Waals surface area contributed by atoms with Gasteiger partial charge in [-0.15, -0.1) is 37.1 Å². The first-order chi connectivity index (χ1) is 14.2. The van der Waals surface area contributed by atoms with E-state index >= 15 is 0 Å². The number of alkyl halides is 3. The molecule has 3 N–H and O–H groups in total. The molecular formula is C21H26F3IN4O2. The number of hydrogen-bond acceptors (Lipinski definition) is 3. The summed E-state index contributed by atoms with van der Waals surface area (Å²) in [5.74, 6) is 0.00801. The van der Waals surface area contributed by atoms with Crippen LogP contribution in [0.3, 0.4) is 0 Å². The first-order valence-corrected chi connectivity index (χ1v) is 9.36. The van der Waals surface area contributed by atoms with Crippen molar-refractivity contribution in [1.29, 1.82) is 0 Å². The van der Waals surface area contributed by atoms with Crippen LogP contribution >= 0.6 is 24.0 Å². The van der Waals surface area contributed by atoms with E-state index in [0.717, 1.165) is 5.56 Å². The molecule has 0 fully saturated rings. The maximum absolute atomic E-state index is 12.5. The third-order valence-corrected chi connectivity index (χ3v) is 4.07. The number of rotatable bonds is 7. The Labute approximate surface area is 196 Å². The molecule has 0 atom stereocenters. The molecule has 2 rings (SSSR count). The number of aliphatic imine (C=N–C) groups is 1. The first-order valence-electron chi connectivity index (χ1n) is 9.36. The third-order valence-electron chi connectivity index (χ3n) is 4.07. The van der Waals surface area contributed by atoms with Crippen molar-refractivity contribution >= 4 is 41.5 Å². The van der Waals surface area contributed by atoms with Gasteiger partial charge < -0.3 is 20.7 Å². The molecule has 0 unspecified atom stereocenters. The van der Waals surface area contributed by atoms with Crippen LogP contribution in [0.1, 0.15) is 25.0 Å². The van der Waals surface area contributed by atoms with Gasteiger partial charge in [-0.25, -0.2) is 0 Å². The minimum Gasteiger partial charge on any atom is -0.405 e. The maximum Gasteiger partial charge on any atom is 0.573 e. The summed E-state index contributed by atoms with van der Waals surface area (Å²) in [6, 6.07) is 13.3. The van der Waals surface area contributed by atoms with Gasteiger partial charge in [0.05, 0.1) is 0 Å². The summed E-state index contributed by atoms with van der Waals surface area (Å²) in [6.07, 6.45) is -4.75. The van der Waals surface area contributed by atoms with Gasteiger partial charge in [-0.1, -0.05) is 44.2 Å². The summed E-state index contributed by atoms with van der Waals surface area (Å²) in [5.41, 5.74) is 2.01. The molecule has 6 nitrogen and oxygen atoms in total. The average molecular weight is 550 g/mol. The van der Waals surface area contributed by atoms with Gasteiger partial charge in [0, 0.05) is 37.3 Å². The molecule has 0 heterocycles. The molecule has 1 amide bonds. The van der Waals surface area contributed by atoms with Crippen molar-refractivity contribution < 1.29 is 22.7 Å². The first kappa shape index (κ1) is 26.5. The molecule has 0 aromatic heterocycles. The zero-order valence-corrected chi connectivity index (χ0v) is 19.7. The average Bonchev–Trinajstić information content (AvgIpc) is 2.69. The highest BCUT2D eigenvalue weighted by Gasteiger charge is 2.31. The van der Waals surface area contributed by atoms with E-state index in [4.69, 9.17) is 0 Å². The van der Waals surface area contributed by atoms with Gasteiger partial charge in [0.25, 0.3) is 0 Å². The normalized spacial score (nSPS) is 11.5. The van der Waals surface area contributed by atoms with E-state index in [1.54, 1.807) is 31.3 Å². The van der Waals surface area contributed by atoms with E-state index in [2.05, 4.69) is 25.7 Å². The molecule has 31 heavy (non-hydrogen) atoms. The predicted molar refractivity (Wildman–Crippen MR) is 125 cm³/mol. The molecule has 0 spiro atoms. The highest BCUT2D eigenvalue weighted by atomic mass is 127. The summed E-state index contributed by atoms with van der Waals surface area (Å²) in [5, 5.41) is 8.87. The zero-order chi connectivity index (χ0) is 22.1. The number of nitrogens with zero attached hydrogens (tertiary/aromatic N) is 1. The number of halogens is 4. The minimum atomic E-state index is -4.75. The number of para-hydroxylation sites is 1. The smallest absolute Gasteiger partial charge is 0.405 e. The van der Waals surface area contributed by atoms with Crippen molar-refractivity contribution in [3.8, 4) is 5.75 Å². The van der Waals surface area contributed by atoms with E-state index in [9.17, 15) is 18.0 Å². The second-order valence-electron chi connectivity index (χ2n) is 6.78. The second kappa shape index (κ2) is 12.4. The number of anilines is 1. The SMILES string of the molecule is CN=C(NCc1ccc(NC(=O)C(C)C)cc1)NCc1ccccc1OC(F)(F)F.I. The van der Waals surface area contributed by atoms with Crippen LogP contribution in [0.25, 0.3) is 0 Å². The molecule has 170 valence electrons. The van der Waals surface area contributed by atoms with Crippen LogP contribution in [0.4, 0.5) is 18.9 Å². The Balaban J connectivity index is 0.00000480. The fourth-order valence-electron chi connectivity index (χ4n) is 2.45. The van der Waals surface area contributed by atoms with Gasteiger partial charge in [-0.2, -0.15) is 0 Å². The summed E-state index contributed by atoms with van der Waals surface area (Å²) >= 11 is 0. The lowest BCUT2D eigenvalue weighted by molar-refractivity contribution is -0.274. The van der Waals surface area contributed by atoms with Crippen LogP contribution in [0, 0.1) is 5.92 Å². The minimum absolute atomic E-state index is 0. The summed E-state index contributed by atoms with van der Waals surface area (Å²) < 4.78 is 41.6. The number of ether oxygens (including phenoxy) is 1. The molecule has 0 aliphatic heterocycles. The molecule has 0 aliphatic rings. The van der Waals surface area contributed by atoms with E-state index in [0.29, 0.717) is 23.8 Å². The van der Waals surface area contributed by atoms with Gasteiger partial charge >= 0.3 is 6.36 Å². The quantitative estimate of drug-likeness (QED) is 0.267. The third kappa shape index (κ3) is 9.45. The van der Waals surface area contributed by atoms with Crippen molar-refractivity contribution in [3.63, 3.8) is 0 Å². The summed E-state index contributed by atoms with van der Waals surface area (Å²) in [4.78, 5) is 15.8. The lowest BCUT2D eigenvalue weighted by Gasteiger charge is -2.16. The van der Waals surface area contributed by atoms with Gasteiger partial charge in [-0.3, -0.25) is 9.79 Å². The number of guanidine groups is 1. The van der Waals surface area contributed by atoms with Crippen molar-refractivity contribution in [2.45, 2.75) is 33.3 Å². The Morgan fingerprint density at radius 3 is 2.23 bits per heavy atom. The standard InChI is InChI=1S/C21H25F3N4O2.HI/c1-14(2)19(29)28-17-10-8-15(9-11-17)12-26-20(25-3)27-13-16-6-4-5-7-18(16)30-21(22,23)24;/h4-11,14H,12-13H2,1-3H3,(H,28,29)(H2,25,26,27);1H. The Morgan fingerprint density at radius 2 is 1.65 bits per heavy atom.